The zero-order valence-corrected chi connectivity index (χ0v) is 23.1. The Kier molecular flexibility index (Phi) is 9.02. The van der Waals surface area contributed by atoms with Crippen molar-refractivity contribution in [2.45, 2.75) is 58.1 Å². The summed E-state index contributed by atoms with van der Waals surface area (Å²) in [4.78, 5) is 13.1. The summed E-state index contributed by atoms with van der Waals surface area (Å²) >= 11 is 14.2. The molecule has 35 heavy (non-hydrogen) atoms. The Labute approximate surface area is 220 Å². The molecule has 0 amide bonds. The Morgan fingerprint density at radius 3 is 2.31 bits per heavy atom. The molecular weight excluding hydrogens is 507 g/mol. The van der Waals surface area contributed by atoms with Crippen LogP contribution in [0.4, 0.5) is 0 Å². The molecule has 0 aliphatic rings. The highest BCUT2D eigenvalue weighted by Crippen LogP contribution is 2.35. The van der Waals surface area contributed by atoms with Crippen LogP contribution in [0.25, 0.3) is 0 Å². The van der Waals surface area contributed by atoms with Crippen LogP contribution >= 0.6 is 35.0 Å². The molecule has 0 atom stereocenters. The molecule has 0 saturated carbocycles. The average Bonchev–Trinajstić information content (AvgIpc) is 2.75. The van der Waals surface area contributed by atoms with Gasteiger partial charge in [-0.05, 0) is 77.4 Å². The van der Waals surface area contributed by atoms with Crippen molar-refractivity contribution in [3.8, 4) is 23.0 Å². The van der Waals surface area contributed by atoms with E-state index < -0.39 is 5.54 Å². The number of thioether (sulfide) groups is 1. The third-order valence-corrected chi connectivity index (χ3v) is 6.49. The summed E-state index contributed by atoms with van der Waals surface area (Å²) in [5.41, 5.74) is 0.106. The molecule has 2 aromatic carbocycles. The van der Waals surface area contributed by atoms with Crippen molar-refractivity contribution in [3.63, 3.8) is 0 Å². The topological polar surface area (TPSA) is 62.6 Å². The lowest BCUT2D eigenvalue weighted by Gasteiger charge is -2.21. The van der Waals surface area contributed by atoms with E-state index in [2.05, 4.69) is 5.10 Å². The molecule has 1 aromatic heterocycles. The number of hydrogen-bond acceptors (Lipinski definition) is 6. The van der Waals surface area contributed by atoms with E-state index in [4.69, 9.17) is 37.4 Å². The normalized spacial score (nSPS) is 11.6. The first-order chi connectivity index (χ1) is 16.5. The number of aryl methyl sites for hydroxylation is 1. The maximum absolute atomic E-state index is 12.5. The van der Waals surface area contributed by atoms with E-state index in [0.717, 1.165) is 11.3 Å². The van der Waals surface area contributed by atoms with Crippen LogP contribution in [0.3, 0.4) is 0 Å². The van der Waals surface area contributed by atoms with E-state index in [1.54, 1.807) is 12.3 Å². The lowest BCUT2D eigenvalue weighted by atomic mass is 10.1. The lowest BCUT2D eigenvalue weighted by Crippen LogP contribution is -2.36. The number of hydrogen-bond donors (Lipinski definition) is 0. The molecule has 0 aliphatic carbocycles. The summed E-state index contributed by atoms with van der Waals surface area (Å²) in [7, 11) is 0. The van der Waals surface area contributed by atoms with Crippen LogP contribution in [0.15, 0.2) is 52.3 Å². The van der Waals surface area contributed by atoms with E-state index in [1.807, 2.05) is 71.9 Å². The Morgan fingerprint density at radius 1 is 1.06 bits per heavy atom. The highest BCUT2D eigenvalue weighted by Gasteiger charge is 2.19. The third kappa shape index (κ3) is 7.32. The standard InChI is InChI=1S/C26H30Cl2N2O4S/c1-16(2)33-18-7-9-19(10-8-18)34-20-13-17(3)24(21(27)14-20)32-11-12-35-22-15-29-30(26(4,5)6)25(31)23(22)28/h7-10,13-16H,11-12H2,1-6H3. The van der Waals surface area contributed by atoms with Gasteiger partial charge < -0.3 is 14.2 Å². The molecule has 9 heteroatoms. The fourth-order valence-corrected chi connectivity index (χ4v) is 4.55. The van der Waals surface area contributed by atoms with E-state index in [-0.39, 0.29) is 16.7 Å². The highest BCUT2D eigenvalue weighted by molar-refractivity contribution is 7.99. The van der Waals surface area contributed by atoms with Crippen molar-refractivity contribution in [3.05, 3.63) is 68.6 Å². The second-order valence-corrected chi connectivity index (χ2v) is 11.1. The maximum atomic E-state index is 12.5. The average molecular weight is 538 g/mol. The van der Waals surface area contributed by atoms with E-state index in [1.165, 1.54) is 16.4 Å². The molecule has 188 valence electrons. The van der Waals surface area contributed by atoms with Gasteiger partial charge in [0, 0.05) is 11.8 Å². The first kappa shape index (κ1) is 27.2. The van der Waals surface area contributed by atoms with Gasteiger partial charge in [0.05, 0.1) is 34.4 Å². The van der Waals surface area contributed by atoms with Crippen LogP contribution in [0, 0.1) is 6.92 Å². The minimum Gasteiger partial charge on any atom is -0.491 e. The van der Waals surface area contributed by atoms with Gasteiger partial charge in [0.2, 0.25) is 0 Å². The van der Waals surface area contributed by atoms with Crippen LogP contribution in [0.1, 0.15) is 40.2 Å². The monoisotopic (exact) mass is 536 g/mol. The number of nitrogens with zero attached hydrogens (tertiary/aromatic N) is 2. The van der Waals surface area contributed by atoms with Gasteiger partial charge in [-0.3, -0.25) is 4.79 Å². The Morgan fingerprint density at radius 2 is 1.71 bits per heavy atom. The van der Waals surface area contributed by atoms with E-state index in [9.17, 15) is 4.79 Å². The fraction of sp³-hybridized carbons (Fsp3) is 0.385. The van der Waals surface area contributed by atoms with Crippen LogP contribution < -0.4 is 19.8 Å². The van der Waals surface area contributed by atoms with Gasteiger partial charge in [0.15, 0.2) is 0 Å². The SMILES string of the molecule is Cc1cc(Oc2ccc(OC(C)C)cc2)cc(Cl)c1OCCSc1cnn(C(C)(C)C)c(=O)c1Cl. The minimum atomic E-state index is -0.442. The van der Waals surface area contributed by atoms with Crippen molar-refractivity contribution in [1.29, 1.82) is 0 Å². The predicted molar refractivity (Wildman–Crippen MR) is 143 cm³/mol. The number of rotatable bonds is 9. The summed E-state index contributed by atoms with van der Waals surface area (Å²) < 4.78 is 18.9. The number of halogens is 2. The predicted octanol–water partition coefficient (Wildman–Crippen LogP) is 7.36. The zero-order valence-electron chi connectivity index (χ0n) is 20.7. The summed E-state index contributed by atoms with van der Waals surface area (Å²) in [5, 5.41) is 4.87. The molecular formula is C26H30Cl2N2O4S. The summed E-state index contributed by atoms with van der Waals surface area (Å²) in [6.45, 7) is 12.0. The second kappa shape index (κ2) is 11.6. The molecule has 6 nitrogen and oxygen atoms in total. The van der Waals surface area contributed by atoms with Crippen molar-refractivity contribution >= 4 is 35.0 Å². The zero-order chi connectivity index (χ0) is 25.8. The van der Waals surface area contributed by atoms with Gasteiger partial charge in [-0.25, -0.2) is 4.68 Å². The van der Waals surface area contributed by atoms with Crippen LogP contribution in [0.5, 0.6) is 23.0 Å². The van der Waals surface area contributed by atoms with Crippen molar-refractivity contribution in [1.82, 2.24) is 9.78 Å². The molecule has 0 bridgehead atoms. The van der Waals surface area contributed by atoms with Crippen LogP contribution in [0.2, 0.25) is 10.0 Å². The van der Waals surface area contributed by atoms with E-state index >= 15 is 0 Å². The first-order valence-corrected chi connectivity index (χ1v) is 13.0. The summed E-state index contributed by atoms with van der Waals surface area (Å²) in [6.07, 6.45) is 1.73. The van der Waals surface area contributed by atoms with Gasteiger partial charge in [0.1, 0.15) is 28.0 Å². The molecule has 0 spiro atoms. The molecule has 0 fully saturated rings. The molecule has 3 aromatic rings. The van der Waals surface area contributed by atoms with Gasteiger partial charge in [-0.2, -0.15) is 5.10 Å². The van der Waals surface area contributed by atoms with Gasteiger partial charge in [-0.1, -0.05) is 23.2 Å². The van der Waals surface area contributed by atoms with E-state index in [0.29, 0.717) is 39.5 Å². The molecule has 1 heterocycles. The highest BCUT2D eigenvalue weighted by atomic mass is 35.5. The number of aromatic nitrogens is 2. The molecule has 0 aliphatic heterocycles. The molecule has 0 radical (unpaired) electrons. The summed E-state index contributed by atoms with van der Waals surface area (Å²) in [5.74, 6) is 3.24. The van der Waals surface area contributed by atoms with Gasteiger partial charge in [-0.15, -0.1) is 11.8 Å². The minimum absolute atomic E-state index is 0.111. The largest absolute Gasteiger partial charge is 0.491 e. The molecule has 0 saturated heterocycles. The number of benzene rings is 2. The van der Waals surface area contributed by atoms with Crippen LogP contribution in [-0.2, 0) is 5.54 Å². The van der Waals surface area contributed by atoms with Crippen molar-refractivity contribution in [2.24, 2.45) is 0 Å². The first-order valence-electron chi connectivity index (χ1n) is 11.2. The lowest BCUT2D eigenvalue weighted by molar-refractivity contribution is 0.242. The van der Waals surface area contributed by atoms with Crippen molar-refractivity contribution in [2.75, 3.05) is 12.4 Å². The van der Waals surface area contributed by atoms with Crippen LogP contribution in [-0.4, -0.2) is 28.2 Å². The molecule has 0 N–H and O–H groups in total. The second-order valence-electron chi connectivity index (χ2n) is 9.20. The Hall–Kier alpha value is -2.35. The summed E-state index contributed by atoms with van der Waals surface area (Å²) in [6, 6.07) is 11.0. The molecule has 3 rings (SSSR count). The third-order valence-electron chi connectivity index (χ3n) is 4.74. The van der Waals surface area contributed by atoms with Gasteiger partial charge in [0.25, 0.3) is 5.56 Å². The van der Waals surface area contributed by atoms with Gasteiger partial charge >= 0.3 is 0 Å². The quantitative estimate of drug-likeness (QED) is 0.210. The fourth-order valence-electron chi connectivity index (χ4n) is 3.23. The Bertz CT molecular complexity index is 1200. The molecule has 0 unspecified atom stereocenters. The Balaban J connectivity index is 1.59. The smallest absolute Gasteiger partial charge is 0.287 e. The van der Waals surface area contributed by atoms with Crippen molar-refractivity contribution < 1.29 is 14.2 Å². The number of ether oxygens (including phenoxy) is 3. The maximum Gasteiger partial charge on any atom is 0.287 e.